The first-order chi connectivity index (χ1) is 13.1. The summed E-state index contributed by atoms with van der Waals surface area (Å²) in [6.07, 6.45) is -0.502. The third kappa shape index (κ3) is 4.48. The zero-order chi connectivity index (χ0) is 19.2. The fraction of sp³-hybridized carbons (Fsp3) is 0.263. The Hall–Kier alpha value is -3.26. The second-order valence-corrected chi connectivity index (χ2v) is 5.96. The lowest BCUT2D eigenvalue weighted by Crippen LogP contribution is -2.31. The van der Waals surface area contributed by atoms with Crippen molar-refractivity contribution in [2.45, 2.75) is 26.0 Å². The minimum atomic E-state index is -0.944. The molecule has 0 unspecified atom stereocenters. The number of aliphatic hydroxyl groups is 1. The Morgan fingerprint density at radius 1 is 1.11 bits per heavy atom. The Kier molecular flexibility index (Phi) is 5.77. The standard InChI is InChI=1S/C19H20N4O4/c1-2-18(25)14-8-10-17(11-9-14)27-13-16(24)12-22-19(26)23(21-20-22)15-6-4-3-5-7-15/h3-11,16,24H,2,12-13H2,1H3/t16-/m0/s1. The average Bonchev–Trinajstić information content (AvgIpc) is 3.07. The van der Waals surface area contributed by atoms with Gasteiger partial charge in [0.05, 0.1) is 12.2 Å². The van der Waals surface area contributed by atoms with Crippen molar-refractivity contribution in [3.63, 3.8) is 0 Å². The molecule has 0 fully saturated rings. The molecule has 0 aliphatic heterocycles. The number of nitrogens with zero attached hydrogens (tertiary/aromatic N) is 4. The summed E-state index contributed by atoms with van der Waals surface area (Å²) in [5.41, 5.74) is 0.776. The molecule has 1 atom stereocenters. The van der Waals surface area contributed by atoms with Crippen molar-refractivity contribution in [3.8, 4) is 11.4 Å². The van der Waals surface area contributed by atoms with Gasteiger partial charge in [-0.05, 0) is 46.8 Å². The number of carbonyl (C=O) groups excluding carboxylic acids is 1. The lowest BCUT2D eigenvalue weighted by atomic mass is 10.1. The summed E-state index contributed by atoms with van der Waals surface area (Å²) in [5, 5.41) is 17.7. The summed E-state index contributed by atoms with van der Waals surface area (Å²) >= 11 is 0. The van der Waals surface area contributed by atoms with Crippen LogP contribution < -0.4 is 10.4 Å². The number of hydrogen-bond acceptors (Lipinski definition) is 6. The molecular formula is C19H20N4O4. The van der Waals surface area contributed by atoms with Crippen LogP contribution in [0.1, 0.15) is 23.7 Å². The van der Waals surface area contributed by atoms with Gasteiger partial charge in [0.2, 0.25) is 0 Å². The molecule has 0 saturated heterocycles. The van der Waals surface area contributed by atoms with Crippen LogP contribution in [0.15, 0.2) is 59.4 Å². The van der Waals surface area contributed by atoms with Crippen molar-refractivity contribution < 1.29 is 14.6 Å². The molecule has 1 aromatic heterocycles. The molecule has 0 radical (unpaired) electrons. The van der Waals surface area contributed by atoms with Crippen molar-refractivity contribution in [2.24, 2.45) is 0 Å². The third-order valence-electron chi connectivity index (χ3n) is 3.96. The van der Waals surface area contributed by atoms with E-state index in [1.807, 2.05) is 6.07 Å². The zero-order valence-corrected chi connectivity index (χ0v) is 14.9. The van der Waals surface area contributed by atoms with Crippen LogP contribution in [0.2, 0.25) is 0 Å². The van der Waals surface area contributed by atoms with E-state index in [9.17, 15) is 14.7 Å². The molecule has 1 N–H and O–H groups in total. The van der Waals surface area contributed by atoms with Gasteiger partial charge in [0.1, 0.15) is 18.5 Å². The molecule has 8 nitrogen and oxygen atoms in total. The molecule has 0 amide bonds. The van der Waals surface area contributed by atoms with Crippen molar-refractivity contribution in [2.75, 3.05) is 6.61 Å². The van der Waals surface area contributed by atoms with Crippen LogP contribution in [-0.4, -0.2) is 43.4 Å². The molecule has 0 bridgehead atoms. The number of carbonyl (C=O) groups is 1. The van der Waals surface area contributed by atoms with E-state index in [1.165, 1.54) is 0 Å². The van der Waals surface area contributed by atoms with Gasteiger partial charge in [0.15, 0.2) is 5.78 Å². The highest BCUT2D eigenvalue weighted by Crippen LogP contribution is 2.14. The second kappa shape index (κ2) is 8.41. The maximum atomic E-state index is 12.3. The average molecular weight is 368 g/mol. The summed E-state index contributed by atoms with van der Waals surface area (Å²) in [5.74, 6) is 0.587. The van der Waals surface area contributed by atoms with Crippen LogP contribution in [-0.2, 0) is 6.54 Å². The number of ketones is 1. The summed E-state index contributed by atoms with van der Waals surface area (Å²) in [6.45, 7) is 1.74. The van der Waals surface area contributed by atoms with Gasteiger partial charge in [-0.1, -0.05) is 25.1 Å². The highest BCUT2D eigenvalue weighted by Gasteiger charge is 2.13. The van der Waals surface area contributed by atoms with Crippen molar-refractivity contribution in [1.29, 1.82) is 0 Å². The SMILES string of the molecule is CCC(=O)c1ccc(OC[C@@H](O)Cn2nnn(-c3ccccc3)c2=O)cc1. The highest BCUT2D eigenvalue weighted by molar-refractivity contribution is 5.95. The van der Waals surface area contributed by atoms with E-state index in [2.05, 4.69) is 10.4 Å². The minimum Gasteiger partial charge on any atom is -0.491 e. The molecule has 140 valence electrons. The number of benzene rings is 2. The fourth-order valence-electron chi connectivity index (χ4n) is 2.51. The first-order valence-electron chi connectivity index (χ1n) is 8.61. The topological polar surface area (TPSA) is 99.2 Å². The van der Waals surface area contributed by atoms with Gasteiger partial charge in [0.25, 0.3) is 0 Å². The monoisotopic (exact) mass is 368 g/mol. The number of ether oxygens (including phenoxy) is 1. The van der Waals surface area contributed by atoms with Gasteiger partial charge in [-0.15, -0.1) is 0 Å². The van der Waals surface area contributed by atoms with Crippen LogP contribution in [0.25, 0.3) is 5.69 Å². The Balaban J connectivity index is 1.58. The molecular weight excluding hydrogens is 348 g/mol. The number of aromatic nitrogens is 4. The highest BCUT2D eigenvalue weighted by atomic mass is 16.5. The molecule has 0 aliphatic rings. The second-order valence-electron chi connectivity index (χ2n) is 5.96. The van der Waals surface area contributed by atoms with Crippen molar-refractivity contribution >= 4 is 5.78 Å². The Labute approximate surface area is 155 Å². The number of rotatable bonds is 8. The molecule has 3 rings (SSSR count). The Morgan fingerprint density at radius 3 is 2.48 bits per heavy atom. The van der Waals surface area contributed by atoms with Crippen LogP contribution in [0.3, 0.4) is 0 Å². The van der Waals surface area contributed by atoms with Gasteiger partial charge in [-0.2, -0.15) is 9.36 Å². The van der Waals surface area contributed by atoms with Gasteiger partial charge in [0, 0.05) is 12.0 Å². The lowest BCUT2D eigenvalue weighted by molar-refractivity contribution is 0.0878. The number of hydrogen-bond donors (Lipinski definition) is 1. The summed E-state index contributed by atoms with van der Waals surface area (Å²) < 4.78 is 7.76. The van der Waals surface area contributed by atoms with E-state index in [4.69, 9.17) is 4.74 Å². The van der Waals surface area contributed by atoms with Gasteiger partial charge in [-0.3, -0.25) is 4.79 Å². The minimum absolute atomic E-state index is 0.0221. The molecule has 0 saturated carbocycles. The predicted octanol–water partition coefficient (Wildman–Crippen LogP) is 1.46. The maximum absolute atomic E-state index is 12.3. The van der Waals surface area contributed by atoms with E-state index in [0.29, 0.717) is 23.4 Å². The van der Waals surface area contributed by atoms with Crippen LogP contribution in [0.5, 0.6) is 5.75 Å². The Bertz CT molecular complexity index is 948. The molecule has 3 aromatic rings. The van der Waals surface area contributed by atoms with Gasteiger partial charge in [-0.25, -0.2) is 4.79 Å². The zero-order valence-electron chi connectivity index (χ0n) is 14.9. The van der Waals surface area contributed by atoms with E-state index in [0.717, 1.165) is 9.36 Å². The molecule has 27 heavy (non-hydrogen) atoms. The van der Waals surface area contributed by atoms with Gasteiger partial charge < -0.3 is 9.84 Å². The van der Waals surface area contributed by atoms with E-state index >= 15 is 0 Å². The Morgan fingerprint density at radius 2 is 1.81 bits per heavy atom. The summed E-state index contributed by atoms with van der Waals surface area (Å²) in [7, 11) is 0. The van der Waals surface area contributed by atoms with E-state index < -0.39 is 11.8 Å². The molecule has 8 heteroatoms. The number of aliphatic hydroxyl groups excluding tert-OH is 1. The molecule has 2 aromatic carbocycles. The van der Waals surface area contributed by atoms with Crippen molar-refractivity contribution in [3.05, 3.63) is 70.6 Å². The van der Waals surface area contributed by atoms with E-state index in [1.54, 1.807) is 55.5 Å². The van der Waals surface area contributed by atoms with Crippen LogP contribution >= 0.6 is 0 Å². The number of para-hydroxylation sites is 1. The van der Waals surface area contributed by atoms with E-state index in [-0.39, 0.29) is 18.9 Å². The number of Topliss-reactive ketones (excluding diaryl/α,β-unsaturated/α-hetero) is 1. The first-order valence-corrected chi connectivity index (χ1v) is 8.61. The first kappa shape index (κ1) is 18.5. The quantitative estimate of drug-likeness (QED) is 0.605. The number of tetrazole rings is 1. The van der Waals surface area contributed by atoms with Crippen LogP contribution in [0, 0.1) is 0 Å². The molecule has 0 aliphatic carbocycles. The normalized spacial score (nSPS) is 11.9. The maximum Gasteiger partial charge on any atom is 0.368 e. The fourth-order valence-corrected chi connectivity index (χ4v) is 2.51. The molecule has 0 spiro atoms. The van der Waals surface area contributed by atoms with Gasteiger partial charge >= 0.3 is 5.69 Å². The predicted molar refractivity (Wildman–Crippen MR) is 98.2 cm³/mol. The van der Waals surface area contributed by atoms with Crippen LogP contribution in [0.4, 0.5) is 0 Å². The van der Waals surface area contributed by atoms with Crippen molar-refractivity contribution in [1.82, 2.24) is 19.8 Å². The smallest absolute Gasteiger partial charge is 0.368 e. The molecule has 1 heterocycles. The third-order valence-corrected chi connectivity index (χ3v) is 3.96. The summed E-state index contributed by atoms with van der Waals surface area (Å²) in [6, 6.07) is 15.6. The lowest BCUT2D eigenvalue weighted by Gasteiger charge is -2.11. The summed E-state index contributed by atoms with van der Waals surface area (Å²) in [4.78, 5) is 23.9. The largest absolute Gasteiger partial charge is 0.491 e.